The first-order valence-corrected chi connectivity index (χ1v) is 10.9. The Morgan fingerprint density at radius 1 is 1.06 bits per heavy atom. The van der Waals surface area contributed by atoms with E-state index in [4.69, 9.17) is 58.0 Å². The fourth-order valence-electron chi connectivity index (χ4n) is 3.27. The number of hydrogen-bond acceptors (Lipinski definition) is 2. The Balaban J connectivity index is 1.77. The van der Waals surface area contributed by atoms with Crippen molar-refractivity contribution in [3.63, 3.8) is 0 Å². The molecule has 0 bridgehead atoms. The van der Waals surface area contributed by atoms with Crippen molar-refractivity contribution in [2.75, 3.05) is 11.9 Å². The van der Waals surface area contributed by atoms with Gasteiger partial charge in [-0.25, -0.2) is 0 Å². The van der Waals surface area contributed by atoms with Crippen LogP contribution in [0.5, 0.6) is 0 Å². The lowest BCUT2D eigenvalue weighted by Gasteiger charge is -2.11. The molecule has 12 heteroatoms. The molecule has 0 radical (unpaired) electrons. The number of aryl methyl sites for hydroxylation is 1. The second kappa shape index (κ2) is 9.11. The molecule has 2 atom stereocenters. The van der Waals surface area contributed by atoms with Crippen molar-refractivity contribution in [3.8, 4) is 0 Å². The van der Waals surface area contributed by atoms with Gasteiger partial charge in [-0.15, -0.1) is 23.2 Å². The lowest BCUT2D eigenvalue weighted by Crippen LogP contribution is -2.33. The highest BCUT2D eigenvalue weighted by Gasteiger charge is 2.67. The Morgan fingerprint density at radius 3 is 2.31 bits per heavy atom. The topological polar surface area (TPSA) is 58.2 Å². The summed E-state index contributed by atoms with van der Waals surface area (Å²) in [6.07, 6.45) is -4.58. The zero-order valence-electron chi connectivity index (χ0n) is 16.1. The molecule has 1 saturated carbocycles. The highest BCUT2D eigenvalue weighted by Crippen LogP contribution is 2.65. The maximum absolute atomic E-state index is 12.8. The molecule has 32 heavy (non-hydrogen) atoms. The number of benzene rings is 2. The molecule has 1 aliphatic rings. The number of rotatable bonds is 5. The highest BCUT2D eigenvalue weighted by atomic mass is 35.5. The summed E-state index contributed by atoms with van der Waals surface area (Å²) in [6.45, 7) is 0.227. The molecule has 2 amide bonds. The van der Waals surface area contributed by atoms with E-state index < -0.39 is 40.7 Å². The Bertz CT molecular complexity index is 1070. The number of alkyl halides is 5. The van der Waals surface area contributed by atoms with Gasteiger partial charge < -0.3 is 10.6 Å². The van der Waals surface area contributed by atoms with Gasteiger partial charge in [-0.05, 0) is 42.3 Å². The van der Waals surface area contributed by atoms with Crippen LogP contribution in [0.2, 0.25) is 15.1 Å². The molecular weight excluding hydrogens is 534 g/mol. The predicted molar refractivity (Wildman–Crippen MR) is 120 cm³/mol. The van der Waals surface area contributed by atoms with Crippen molar-refractivity contribution in [1.82, 2.24) is 5.32 Å². The lowest BCUT2D eigenvalue weighted by molar-refractivity contribution is -0.123. The third-order valence-electron chi connectivity index (χ3n) is 4.86. The van der Waals surface area contributed by atoms with E-state index in [9.17, 15) is 22.8 Å². The largest absolute Gasteiger partial charge is 0.405 e. The summed E-state index contributed by atoms with van der Waals surface area (Å²) in [5.41, 5.74) is 1.22. The molecule has 1 fully saturated rings. The van der Waals surface area contributed by atoms with Crippen molar-refractivity contribution < 1.29 is 22.8 Å². The first kappa shape index (κ1) is 25.2. The van der Waals surface area contributed by atoms with Gasteiger partial charge in [-0.1, -0.05) is 40.9 Å². The molecule has 0 aromatic heterocycles. The number of nitrogens with one attached hydrogen (secondary N) is 2. The van der Waals surface area contributed by atoms with Crippen molar-refractivity contribution in [1.29, 1.82) is 0 Å². The molecule has 3 rings (SSSR count). The minimum absolute atomic E-state index is 0.0812. The van der Waals surface area contributed by atoms with Crippen LogP contribution in [0.3, 0.4) is 0 Å². The van der Waals surface area contributed by atoms with Crippen LogP contribution in [0, 0.1) is 12.8 Å². The Morgan fingerprint density at radius 2 is 1.72 bits per heavy atom. The van der Waals surface area contributed by atoms with Gasteiger partial charge in [0.15, 0.2) is 0 Å². The van der Waals surface area contributed by atoms with E-state index in [1.54, 1.807) is 24.4 Å². The van der Waals surface area contributed by atoms with E-state index in [0.29, 0.717) is 21.2 Å². The molecule has 0 saturated heterocycles. The Hall–Kier alpha value is -1.38. The summed E-state index contributed by atoms with van der Waals surface area (Å²) >= 11 is 30.8. The molecule has 1 aliphatic carbocycles. The van der Waals surface area contributed by atoms with Crippen LogP contribution in [0.25, 0.3) is 0 Å². The van der Waals surface area contributed by atoms with Crippen molar-refractivity contribution in [2.24, 2.45) is 5.92 Å². The van der Waals surface area contributed by atoms with Gasteiger partial charge in [0.1, 0.15) is 10.9 Å². The van der Waals surface area contributed by atoms with Crippen LogP contribution < -0.4 is 10.6 Å². The van der Waals surface area contributed by atoms with Gasteiger partial charge in [-0.2, -0.15) is 13.2 Å². The molecule has 0 heterocycles. The second-order valence-corrected chi connectivity index (χ2v) is 9.88. The minimum atomic E-state index is -4.58. The fraction of sp³-hybridized carbons (Fsp3) is 0.300. The summed E-state index contributed by atoms with van der Waals surface area (Å²) in [5, 5.41) is 4.89. The number of hydrogen-bond donors (Lipinski definition) is 2. The molecule has 0 spiro atoms. The normalized spacial score (nSPS) is 19.4. The summed E-state index contributed by atoms with van der Waals surface area (Å²) in [6, 6.07) is 7.15. The van der Waals surface area contributed by atoms with Crippen LogP contribution in [0.15, 0.2) is 30.3 Å². The molecule has 2 aromatic rings. The van der Waals surface area contributed by atoms with Gasteiger partial charge >= 0.3 is 6.18 Å². The average molecular weight is 549 g/mol. The summed E-state index contributed by atoms with van der Waals surface area (Å²) < 4.78 is 35.7. The van der Waals surface area contributed by atoms with E-state index in [1.807, 2.05) is 0 Å². The lowest BCUT2D eigenvalue weighted by atomic mass is 10.1. The van der Waals surface area contributed by atoms with Gasteiger partial charge in [0, 0.05) is 11.6 Å². The van der Waals surface area contributed by atoms with Crippen LogP contribution >= 0.6 is 58.0 Å². The molecular formula is C20H14Cl5F3N2O2. The number of halogens is 8. The van der Waals surface area contributed by atoms with Gasteiger partial charge in [0.05, 0.1) is 26.5 Å². The Kier molecular flexibility index (Phi) is 7.18. The van der Waals surface area contributed by atoms with Gasteiger partial charge in [-0.3, -0.25) is 9.59 Å². The van der Waals surface area contributed by atoms with E-state index in [1.165, 1.54) is 12.1 Å². The average Bonchev–Trinajstić information content (AvgIpc) is 3.27. The van der Waals surface area contributed by atoms with Crippen molar-refractivity contribution in [2.45, 2.75) is 23.4 Å². The maximum atomic E-state index is 12.8. The number of anilines is 1. The standard InChI is InChI=1S/C20H14Cl5F3N2O2/c1-8-4-9(5-13(22)16(8)23)14-15(20(14,24)25)18(32)30-10-2-3-12(21)11(6-10)17(31)29-7-19(26,27)28/h2-6,14-15H,7H2,1H3,(H,29,31)(H,30,32). The maximum Gasteiger partial charge on any atom is 0.405 e. The third-order valence-corrected chi connectivity index (χ3v) is 7.02. The SMILES string of the molecule is Cc1cc(C2C(C(=O)Nc3ccc(Cl)c(C(=O)NCC(F)(F)F)c3)C2(Cl)Cl)cc(Cl)c1Cl. The predicted octanol–water partition coefficient (Wildman–Crippen LogP) is 6.77. The van der Waals surface area contributed by atoms with E-state index in [-0.39, 0.29) is 16.3 Å². The molecule has 0 aliphatic heterocycles. The van der Waals surface area contributed by atoms with E-state index >= 15 is 0 Å². The number of carbonyl (C=O) groups is 2. The van der Waals surface area contributed by atoms with Gasteiger partial charge in [0.25, 0.3) is 5.91 Å². The number of carbonyl (C=O) groups excluding carboxylic acids is 2. The zero-order chi connectivity index (χ0) is 24.0. The fourth-order valence-corrected chi connectivity index (χ4v) is 4.69. The smallest absolute Gasteiger partial charge is 0.343 e. The first-order valence-electron chi connectivity index (χ1n) is 9.01. The third kappa shape index (κ3) is 5.39. The summed E-state index contributed by atoms with van der Waals surface area (Å²) in [4.78, 5) is 24.9. The van der Waals surface area contributed by atoms with Crippen LogP contribution in [0.4, 0.5) is 18.9 Å². The molecule has 2 aromatic carbocycles. The highest BCUT2D eigenvalue weighted by molar-refractivity contribution is 6.53. The minimum Gasteiger partial charge on any atom is -0.343 e. The van der Waals surface area contributed by atoms with Crippen LogP contribution in [0.1, 0.15) is 27.4 Å². The van der Waals surface area contributed by atoms with Crippen molar-refractivity contribution >= 4 is 75.5 Å². The van der Waals surface area contributed by atoms with E-state index in [2.05, 4.69) is 5.32 Å². The van der Waals surface area contributed by atoms with Crippen LogP contribution in [-0.2, 0) is 4.79 Å². The van der Waals surface area contributed by atoms with Crippen molar-refractivity contribution in [3.05, 3.63) is 62.1 Å². The Labute approximate surface area is 206 Å². The molecule has 4 nitrogen and oxygen atoms in total. The summed E-state index contributed by atoms with van der Waals surface area (Å²) in [7, 11) is 0. The summed E-state index contributed by atoms with van der Waals surface area (Å²) in [5.74, 6) is -3.00. The monoisotopic (exact) mass is 546 g/mol. The number of amides is 2. The second-order valence-electron chi connectivity index (χ2n) is 7.25. The van der Waals surface area contributed by atoms with Crippen LogP contribution in [-0.4, -0.2) is 28.9 Å². The van der Waals surface area contributed by atoms with Gasteiger partial charge in [0.2, 0.25) is 5.91 Å². The molecule has 172 valence electrons. The molecule has 2 N–H and O–H groups in total. The zero-order valence-corrected chi connectivity index (χ0v) is 19.9. The molecule has 2 unspecified atom stereocenters. The first-order chi connectivity index (χ1) is 14.7. The quantitative estimate of drug-likeness (QED) is 0.405. The van der Waals surface area contributed by atoms with E-state index in [0.717, 1.165) is 6.07 Å².